The quantitative estimate of drug-likeness (QED) is 0.441. The maximum absolute atomic E-state index is 3.74. The van der Waals surface area contributed by atoms with Gasteiger partial charge in [-0.1, -0.05) is 31.6 Å². The lowest BCUT2D eigenvalue weighted by Crippen LogP contribution is -2.16. The molecule has 0 radical (unpaired) electrons. The fourth-order valence-electron chi connectivity index (χ4n) is 2.17. The first-order valence-corrected chi connectivity index (χ1v) is 5.43. The van der Waals surface area contributed by atoms with E-state index in [0.29, 0.717) is 5.41 Å². The maximum atomic E-state index is 3.74. The molecule has 0 unspecified atom stereocenters. The van der Waals surface area contributed by atoms with E-state index in [1.54, 1.807) is 5.57 Å². The highest BCUT2D eigenvalue weighted by atomic mass is 14.3. The molecule has 1 fully saturated rings. The number of allylic oxidation sites excluding steroid dienone is 3. The van der Waals surface area contributed by atoms with Crippen molar-refractivity contribution in [2.24, 2.45) is 5.41 Å². The van der Waals surface area contributed by atoms with Gasteiger partial charge in [-0.2, -0.15) is 0 Å². The summed E-state index contributed by atoms with van der Waals surface area (Å²) in [5, 5.41) is 0. The summed E-state index contributed by atoms with van der Waals surface area (Å²) < 4.78 is 0. The minimum Gasteiger partial charge on any atom is -0.103 e. The third kappa shape index (κ3) is 3.80. The van der Waals surface area contributed by atoms with Gasteiger partial charge in [-0.05, 0) is 43.9 Å². The van der Waals surface area contributed by atoms with Crippen LogP contribution in [-0.4, -0.2) is 0 Å². The molecule has 0 spiro atoms. The Bertz CT molecular complexity index is 196. The van der Waals surface area contributed by atoms with Crippen LogP contribution in [0.4, 0.5) is 0 Å². The molecule has 0 nitrogen and oxygen atoms in total. The Labute approximate surface area is 82.7 Å². The lowest BCUT2D eigenvalue weighted by atomic mass is 9.75. The molecule has 1 rings (SSSR count). The number of unbranched alkanes of at least 4 members (excludes halogenated alkanes) is 1. The molecular formula is C13H22. The molecule has 74 valence electrons. The first kappa shape index (κ1) is 10.6. The minimum absolute atomic E-state index is 0.554. The smallest absolute Gasteiger partial charge is 0.0269 e. The monoisotopic (exact) mass is 178 g/mol. The summed E-state index contributed by atoms with van der Waals surface area (Å²) in [5.41, 5.74) is 2.23. The molecule has 0 atom stereocenters. The van der Waals surface area contributed by atoms with E-state index < -0.39 is 0 Å². The van der Waals surface area contributed by atoms with Gasteiger partial charge in [0.15, 0.2) is 0 Å². The third-order valence-electron chi connectivity index (χ3n) is 2.86. The van der Waals surface area contributed by atoms with Gasteiger partial charge in [0.25, 0.3) is 0 Å². The van der Waals surface area contributed by atoms with E-state index in [1.165, 1.54) is 32.1 Å². The zero-order valence-corrected chi connectivity index (χ0v) is 9.10. The second-order valence-electron chi connectivity index (χ2n) is 4.92. The van der Waals surface area contributed by atoms with Gasteiger partial charge in [0, 0.05) is 0 Å². The summed E-state index contributed by atoms with van der Waals surface area (Å²) in [5.74, 6) is 0. The van der Waals surface area contributed by atoms with Gasteiger partial charge in [0.1, 0.15) is 0 Å². The van der Waals surface area contributed by atoms with Crippen molar-refractivity contribution >= 4 is 0 Å². The van der Waals surface area contributed by atoms with Crippen LogP contribution in [0.25, 0.3) is 0 Å². The van der Waals surface area contributed by atoms with Crippen LogP contribution in [0, 0.1) is 5.41 Å². The molecule has 13 heavy (non-hydrogen) atoms. The molecule has 0 heteroatoms. The largest absolute Gasteiger partial charge is 0.103 e. The Morgan fingerprint density at radius 3 is 2.77 bits per heavy atom. The molecule has 0 saturated heterocycles. The van der Waals surface area contributed by atoms with Crippen molar-refractivity contribution in [2.45, 2.75) is 52.4 Å². The van der Waals surface area contributed by atoms with Crippen molar-refractivity contribution < 1.29 is 0 Å². The van der Waals surface area contributed by atoms with Gasteiger partial charge in [-0.25, -0.2) is 0 Å². The van der Waals surface area contributed by atoms with E-state index in [1.807, 2.05) is 6.08 Å². The lowest BCUT2D eigenvalue weighted by Gasteiger charge is -2.31. The van der Waals surface area contributed by atoms with Gasteiger partial charge in [-0.15, -0.1) is 6.58 Å². The Morgan fingerprint density at radius 2 is 2.15 bits per heavy atom. The van der Waals surface area contributed by atoms with Crippen molar-refractivity contribution in [2.75, 3.05) is 0 Å². The standard InChI is InChI=1S/C13H22/c1-4-5-6-8-12-9-7-10-13(2,3)11-12/h4,8H,1,5-7,9-11H2,2-3H3. The fraction of sp³-hybridized carbons (Fsp3) is 0.692. The molecule has 0 aromatic carbocycles. The number of rotatable bonds is 3. The molecule has 1 aliphatic rings. The maximum Gasteiger partial charge on any atom is -0.0269 e. The number of hydrogen-bond acceptors (Lipinski definition) is 0. The van der Waals surface area contributed by atoms with E-state index in [0.717, 1.165) is 6.42 Å². The van der Waals surface area contributed by atoms with Gasteiger partial charge >= 0.3 is 0 Å². The molecule has 0 N–H and O–H groups in total. The van der Waals surface area contributed by atoms with Crippen LogP contribution in [0.2, 0.25) is 0 Å². The molecule has 1 saturated carbocycles. The predicted molar refractivity (Wildman–Crippen MR) is 59.8 cm³/mol. The van der Waals surface area contributed by atoms with Gasteiger partial charge < -0.3 is 0 Å². The minimum atomic E-state index is 0.554. The Balaban J connectivity index is 2.41. The Kier molecular flexibility index (Phi) is 3.77. The highest BCUT2D eigenvalue weighted by molar-refractivity contribution is 5.08. The van der Waals surface area contributed by atoms with Crippen molar-refractivity contribution in [1.29, 1.82) is 0 Å². The highest BCUT2D eigenvalue weighted by Gasteiger charge is 2.23. The predicted octanol–water partition coefficient (Wildman–Crippen LogP) is 4.48. The van der Waals surface area contributed by atoms with E-state index in [4.69, 9.17) is 0 Å². The van der Waals surface area contributed by atoms with E-state index in [2.05, 4.69) is 26.5 Å². The van der Waals surface area contributed by atoms with Crippen LogP contribution in [-0.2, 0) is 0 Å². The third-order valence-corrected chi connectivity index (χ3v) is 2.86. The molecule has 0 amide bonds. The second kappa shape index (κ2) is 4.64. The van der Waals surface area contributed by atoms with Crippen LogP contribution < -0.4 is 0 Å². The van der Waals surface area contributed by atoms with Crippen LogP contribution in [0.15, 0.2) is 24.3 Å². The topological polar surface area (TPSA) is 0 Å². The second-order valence-corrected chi connectivity index (χ2v) is 4.92. The summed E-state index contributed by atoms with van der Waals surface area (Å²) in [6, 6.07) is 0. The summed E-state index contributed by atoms with van der Waals surface area (Å²) in [6.07, 6.45) is 12.2. The van der Waals surface area contributed by atoms with Gasteiger partial charge in [-0.3, -0.25) is 0 Å². The van der Waals surface area contributed by atoms with E-state index >= 15 is 0 Å². The summed E-state index contributed by atoms with van der Waals surface area (Å²) >= 11 is 0. The van der Waals surface area contributed by atoms with Crippen molar-refractivity contribution in [3.63, 3.8) is 0 Å². The molecular weight excluding hydrogens is 156 g/mol. The SMILES string of the molecule is C=CCCC=C1CCCC(C)(C)C1. The molecule has 0 bridgehead atoms. The first-order valence-electron chi connectivity index (χ1n) is 5.43. The van der Waals surface area contributed by atoms with Crippen LogP contribution in [0.1, 0.15) is 52.4 Å². The lowest BCUT2D eigenvalue weighted by molar-refractivity contribution is 0.289. The van der Waals surface area contributed by atoms with Crippen molar-refractivity contribution in [3.8, 4) is 0 Å². The first-order chi connectivity index (χ1) is 6.14. The molecule has 0 heterocycles. The van der Waals surface area contributed by atoms with Crippen LogP contribution >= 0.6 is 0 Å². The summed E-state index contributed by atoms with van der Waals surface area (Å²) in [4.78, 5) is 0. The van der Waals surface area contributed by atoms with Crippen LogP contribution in [0.3, 0.4) is 0 Å². The average Bonchev–Trinajstić information content (AvgIpc) is 2.03. The Morgan fingerprint density at radius 1 is 1.38 bits per heavy atom. The average molecular weight is 178 g/mol. The summed E-state index contributed by atoms with van der Waals surface area (Å²) in [6.45, 7) is 8.51. The molecule has 0 aromatic rings. The zero-order chi connectivity index (χ0) is 9.73. The van der Waals surface area contributed by atoms with E-state index in [-0.39, 0.29) is 0 Å². The van der Waals surface area contributed by atoms with E-state index in [9.17, 15) is 0 Å². The zero-order valence-electron chi connectivity index (χ0n) is 9.10. The Hall–Kier alpha value is -0.520. The molecule has 0 aromatic heterocycles. The number of hydrogen-bond donors (Lipinski definition) is 0. The molecule has 1 aliphatic carbocycles. The summed E-state index contributed by atoms with van der Waals surface area (Å²) in [7, 11) is 0. The fourth-order valence-corrected chi connectivity index (χ4v) is 2.17. The van der Waals surface area contributed by atoms with Crippen molar-refractivity contribution in [3.05, 3.63) is 24.3 Å². The van der Waals surface area contributed by atoms with Crippen LogP contribution in [0.5, 0.6) is 0 Å². The van der Waals surface area contributed by atoms with Gasteiger partial charge in [0.05, 0.1) is 0 Å². The van der Waals surface area contributed by atoms with Crippen molar-refractivity contribution in [1.82, 2.24) is 0 Å². The normalized spacial score (nSPS) is 24.6. The highest BCUT2D eigenvalue weighted by Crippen LogP contribution is 2.38. The molecule has 0 aliphatic heterocycles. The van der Waals surface area contributed by atoms with Gasteiger partial charge in [0.2, 0.25) is 0 Å².